The summed E-state index contributed by atoms with van der Waals surface area (Å²) in [5.41, 5.74) is 1.23. The van der Waals surface area contributed by atoms with Gasteiger partial charge in [-0.2, -0.15) is 13.2 Å². The lowest BCUT2D eigenvalue weighted by atomic mass is 10.0. The Morgan fingerprint density at radius 3 is 2.36 bits per heavy atom. The van der Waals surface area contributed by atoms with Crippen LogP contribution in [0.4, 0.5) is 24.5 Å². The number of para-hydroxylation sites is 2. The van der Waals surface area contributed by atoms with Crippen LogP contribution < -0.4 is 19.9 Å². The van der Waals surface area contributed by atoms with E-state index in [4.69, 9.17) is 9.47 Å². The summed E-state index contributed by atoms with van der Waals surface area (Å²) < 4.78 is 54.1. The molecule has 3 amide bonds. The molecule has 0 unspecified atom stereocenters. The van der Waals surface area contributed by atoms with Gasteiger partial charge in [0.2, 0.25) is 5.91 Å². The Morgan fingerprint density at radius 1 is 1.04 bits per heavy atom. The van der Waals surface area contributed by atoms with Gasteiger partial charge < -0.3 is 29.5 Å². The number of hydrogen-bond acceptors (Lipinski definition) is 6. The molecule has 9 nitrogen and oxygen atoms in total. The minimum Gasteiger partial charge on any atom is -0.496 e. The molecule has 0 bridgehead atoms. The number of rotatable bonds is 10. The van der Waals surface area contributed by atoms with E-state index in [0.717, 1.165) is 15.2 Å². The molecule has 4 rings (SSSR count). The number of likely N-dealkylation sites (N-methyl/N-ethyl adjacent to an activating group) is 1. The normalized spacial score (nSPS) is 17.6. The van der Waals surface area contributed by atoms with E-state index in [9.17, 15) is 27.6 Å². The van der Waals surface area contributed by atoms with Crippen molar-refractivity contribution in [1.82, 2.24) is 10.2 Å². The highest BCUT2D eigenvalue weighted by molar-refractivity contribution is 9.10. The smallest absolute Gasteiger partial charge is 0.471 e. The molecule has 3 aromatic carbocycles. The van der Waals surface area contributed by atoms with Crippen LogP contribution in [0, 0.1) is 0 Å². The molecule has 1 N–H and O–H groups in total. The summed E-state index contributed by atoms with van der Waals surface area (Å²) in [6.45, 7) is 2.59. The van der Waals surface area contributed by atoms with Crippen molar-refractivity contribution in [1.29, 1.82) is 0 Å². The third kappa shape index (κ3) is 6.95. The van der Waals surface area contributed by atoms with Gasteiger partial charge in [-0.05, 0) is 62.0 Å². The average Bonchev–Trinajstić information content (AvgIpc) is 3.10. The molecule has 1 aliphatic heterocycles. The number of carbonyl (C=O) groups excluding carboxylic acids is 3. The minimum absolute atomic E-state index is 0.0522. The van der Waals surface area contributed by atoms with E-state index >= 15 is 0 Å². The van der Waals surface area contributed by atoms with E-state index in [0.29, 0.717) is 27.6 Å². The van der Waals surface area contributed by atoms with Crippen LogP contribution in [0.5, 0.6) is 5.75 Å². The second-order valence-electron chi connectivity index (χ2n) is 10.8. The number of nitrogens with zero attached hydrogens (tertiary/aromatic N) is 3. The van der Waals surface area contributed by atoms with Crippen LogP contribution >= 0.6 is 15.9 Å². The fourth-order valence-corrected chi connectivity index (χ4v) is 6.21. The molecule has 1 aliphatic rings. The summed E-state index contributed by atoms with van der Waals surface area (Å²) in [4.78, 5) is 44.8. The number of ether oxygens (including phenoxy) is 2. The molecule has 0 aromatic heterocycles. The summed E-state index contributed by atoms with van der Waals surface area (Å²) >= 11 is 3.57. The molecule has 0 aliphatic carbocycles. The first-order valence-electron chi connectivity index (χ1n) is 14.4. The summed E-state index contributed by atoms with van der Waals surface area (Å²) in [6.07, 6.45) is -5.37. The number of benzene rings is 3. The number of fused-ring (bicyclic) bond motifs is 2. The molecule has 0 saturated heterocycles. The van der Waals surface area contributed by atoms with Gasteiger partial charge in [-0.25, -0.2) is 0 Å². The van der Waals surface area contributed by atoms with E-state index in [1.54, 1.807) is 44.3 Å². The standard InChI is InChI=1S/C32H36BrF3N4O5/c1-19(37-3)17-39(31(43)32(34,35)36)29-20(2)40(28(41)15-16-44-4)26-12-7-6-11-25(26)38(30(29)42)18-23-21-9-8-10-24(33)22(21)13-14-27(23)45-5/h6-14,19-20,29,37H,15-18H2,1-5H3/t19-,20-,29-/m0/s1. The topological polar surface area (TPSA) is 91.4 Å². The molecular formula is C32H36BrF3N4O5. The Bertz CT molecular complexity index is 1570. The highest BCUT2D eigenvalue weighted by atomic mass is 79.9. The molecular weight excluding hydrogens is 657 g/mol. The molecule has 0 spiro atoms. The second-order valence-corrected chi connectivity index (χ2v) is 11.7. The van der Waals surface area contributed by atoms with Crippen molar-refractivity contribution in [2.45, 2.75) is 51.1 Å². The van der Waals surface area contributed by atoms with Crippen molar-refractivity contribution in [3.63, 3.8) is 0 Å². The van der Waals surface area contributed by atoms with E-state index in [1.165, 1.54) is 30.9 Å². The fourth-order valence-electron chi connectivity index (χ4n) is 5.72. The zero-order chi connectivity index (χ0) is 33.1. The van der Waals surface area contributed by atoms with Crippen LogP contribution in [0.2, 0.25) is 0 Å². The van der Waals surface area contributed by atoms with Crippen molar-refractivity contribution in [3.05, 3.63) is 64.6 Å². The predicted molar refractivity (Wildman–Crippen MR) is 169 cm³/mol. The Morgan fingerprint density at radius 2 is 1.73 bits per heavy atom. The van der Waals surface area contributed by atoms with Crippen LogP contribution in [0.1, 0.15) is 25.8 Å². The number of methoxy groups -OCH3 is 2. The maximum absolute atomic E-state index is 14.8. The molecule has 13 heteroatoms. The molecule has 242 valence electrons. The number of anilines is 2. The second kappa shape index (κ2) is 14.2. The quantitative estimate of drug-likeness (QED) is 0.311. The summed E-state index contributed by atoms with van der Waals surface area (Å²) in [5, 5.41) is 4.44. The molecule has 0 saturated carbocycles. The summed E-state index contributed by atoms with van der Waals surface area (Å²) in [5.74, 6) is -2.95. The first kappa shape index (κ1) is 34.2. The van der Waals surface area contributed by atoms with Crippen molar-refractivity contribution in [3.8, 4) is 5.75 Å². The largest absolute Gasteiger partial charge is 0.496 e. The van der Waals surface area contributed by atoms with Gasteiger partial charge in [0.05, 0.1) is 44.1 Å². The lowest BCUT2D eigenvalue weighted by Gasteiger charge is -2.39. The predicted octanol–water partition coefficient (Wildman–Crippen LogP) is 5.28. The van der Waals surface area contributed by atoms with Crippen molar-refractivity contribution < 1.29 is 37.0 Å². The van der Waals surface area contributed by atoms with Crippen LogP contribution in [-0.2, 0) is 25.7 Å². The maximum atomic E-state index is 14.8. The van der Waals surface area contributed by atoms with Gasteiger partial charge in [-0.1, -0.05) is 40.2 Å². The van der Waals surface area contributed by atoms with Gasteiger partial charge in [0.25, 0.3) is 5.91 Å². The molecule has 3 atom stereocenters. The Labute approximate surface area is 268 Å². The van der Waals surface area contributed by atoms with Gasteiger partial charge in [0.1, 0.15) is 11.8 Å². The fraction of sp³-hybridized carbons (Fsp3) is 0.406. The highest BCUT2D eigenvalue weighted by Crippen LogP contribution is 2.41. The lowest BCUT2D eigenvalue weighted by molar-refractivity contribution is -0.189. The summed E-state index contributed by atoms with van der Waals surface area (Å²) in [6, 6.07) is 12.4. The third-order valence-electron chi connectivity index (χ3n) is 8.02. The molecule has 1 heterocycles. The zero-order valence-electron chi connectivity index (χ0n) is 25.7. The van der Waals surface area contributed by atoms with Gasteiger partial charge in [-0.15, -0.1) is 0 Å². The number of nitrogens with one attached hydrogen (secondary N) is 1. The maximum Gasteiger partial charge on any atom is 0.471 e. The van der Waals surface area contributed by atoms with Crippen LogP contribution in [0.3, 0.4) is 0 Å². The van der Waals surface area contributed by atoms with Gasteiger partial charge in [-0.3, -0.25) is 14.4 Å². The SMILES string of the molecule is CN[C@@H](C)CN(C(=O)C(F)(F)F)[C@@H]1C(=O)N(Cc2c(OC)ccc3c(Br)cccc23)c2ccccc2N(C(=O)CCOC)[C@H]1C. The average molecular weight is 694 g/mol. The first-order valence-corrected chi connectivity index (χ1v) is 15.2. The third-order valence-corrected chi connectivity index (χ3v) is 8.71. The van der Waals surface area contributed by atoms with Crippen molar-refractivity contribution in [2.75, 3.05) is 44.2 Å². The number of hydrogen-bond donors (Lipinski definition) is 1. The summed E-state index contributed by atoms with van der Waals surface area (Å²) in [7, 11) is 4.47. The molecule has 3 aromatic rings. The molecule has 45 heavy (non-hydrogen) atoms. The number of halogens is 4. The Hall–Kier alpha value is -3.68. The molecule has 0 fully saturated rings. The van der Waals surface area contributed by atoms with E-state index in [2.05, 4.69) is 21.2 Å². The zero-order valence-corrected chi connectivity index (χ0v) is 27.2. The van der Waals surface area contributed by atoms with Crippen LogP contribution in [0.25, 0.3) is 10.8 Å². The number of amides is 3. The van der Waals surface area contributed by atoms with E-state index in [-0.39, 0.29) is 19.6 Å². The van der Waals surface area contributed by atoms with Gasteiger partial charge >= 0.3 is 12.1 Å². The Balaban J connectivity index is 1.99. The van der Waals surface area contributed by atoms with Gasteiger partial charge in [0.15, 0.2) is 0 Å². The first-order chi connectivity index (χ1) is 21.3. The highest BCUT2D eigenvalue weighted by Gasteiger charge is 2.51. The van der Waals surface area contributed by atoms with Crippen molar-refractivity contribution >= 4 is 55.8 Å². The molecule has 0 radical (unpaired) electrons. The Kier molecular flexibility index (Phi) is 10.8. The van der Waals surface area contributed by atoms with Crippen LogP contribution in [0.15, 0.2) is 59.1 Å². The van der Waals surface area contributed by atoms with Crippen molar-refractivity contribution in [2.24, 2.45) is 0 Å². The van der Waals surface area contributed by atoms with Crippen LogP contribution in [-0.4, -0.2) is 81.3 Å². The number of alkyl halides is 3. The number of carbonyl (C=O) groups is 3. The van der Waals surface area contributed by atoms with E-state index in [1.807, 2.05) is 24.3 Å². The lowest BCUT2D eigenvalue weighted by Crippen LogP contribution is -2.63. The van der Waals surface area contributed by atoms with Gasteiger partial charge in [0, 0.05) is 29.7 Å². The minimum atomic E-state index is -5.27. The monoisotopic (exact) mass is 692 g/mol. The van der Waals surface area contributed by atoms with E-state index < -0.39 is 48.6 Å².